The van der Waals surface area contributed by atoms with Gasteiger partial charge in [-0.25, -0.2) is 13.2 Å². The van der Waals surface area contributed by atoms with Crippen LogP contribution in [-0.2, 0) is 22.6 Å². The van der Waals surface area contributed by atoms with E-state index in [0.717, 1.165) is 35.4 Å². The fourth-order valence-electron chi connectivity index (χ4n) is 4.12. The summed E-state index contributed by atoms with van der Waals surface area (Å²) in [6.45, 7) is -0.509. The molecule has 0 aliphatic carbocycles. The van der Waals surface area contributed by atoms with Crippen LogP contribution in [0.5, 0.6) is 5.88 Å². The summed E-state index contributed by atoms with van der Waals surface area (Å²) in [6, 6.07) is 7.57. The highest BCUT2D eigenvalue weighted by molar-refractivity contribution is 7.90. The molecule has 13 heteroatoms. The number of amides is 2. The van der Waals surface area contributed by atoms with Gasteiger partial charge in [-0.3, -0.25) is 4.90 Å². The first-order valence-corrected chi connectivity index (χ1v) is 12.3. The van der Waals surface area contributed by atoms with Crippen molar-refractivity contribution < 1.29 is 36.6 Å². The van der Waals surface area contributed by atoms with Crippen LogP contribution in [0.1, 0.15) is 28.3 Å². The van der Waals surface area contributed by atoms with Crippen LogP contribution in [0, 0.1) is 11.3 Å². The second-order valence-electron chi connectivity index (χ2n) is 8.07. The van der Waals surface area contributed by atoms with E-state index in [0.29, 0.717) is 0 Å². The lowest BCUT2D eigenvalue weighted by atomic mass is 9.96. The van der Waals surface area contributed by atoms with Crippen LogP contribution in [0.25, 0.3) is 0 Å². The molecule has 0 spiro atoms. The number of carbonyl (C=O) groups excluding carboxylic acids is 1. The number of anilines is 2. The largest absolute Gasteiger partial charge is 0.494 e. The minimum absolute atomic E-state index is 0.00200. The van der Waals surface area contributed by atoms with Crippen LogP contribution in [0.3, 0.4) is 0 Å². The number of benzene rings is 2. The van der Waals surface area contributed by atoms with Gasteiger partial charge in [0.05, 0.1) is 51.7 Å². The lowest BCUT2D eigenvalue weighted by Gasteiger charge is -2.34. The number of nitrogens with one attached hydrogen (secondary N) is 1. The van der Waals surface area contributed by atoms with Crippen molar-refractivity contribution in [1.82, 2.24) is 9.88 Å². The first-order valence-electron chi connectivity index (χ1n) is 10.4. The first kappa shape index (κ1) is 25.1. The molecule has 0 fully saturated rings. The van der Waals surface area contributed by atoms with Gasteiger partial charge in [0.2, 0.25) is 0 Å². The maximum atomic E-state index is 13.3. The maximum absolute atomic E-state index is 13.3. The maximum Gasteiger partial charge on any atom is 0.416 e. The zero-order valence-electron chi connectivity index (χ0n) is 18.6. The molecule has 3 aromatic rings. The Kier molecular flexibility index (Phi) is 6.19. The Morgan fingerprint density at radius 3 is 2.53 bits per heavy atom. The van der Waals surface area contributed by atoms with Gasteiger partial charge in [-0.05, 0) is 35.9 Å². The molecule has 0 saturated heterocycles. The molecule has 0 saturated carbocycles. The summed E-state index contributed by atoms with van der Waals surface area (Å²) < 4.78 is 66.2. The number of carbonyl (C=O) groups is 1. The van der Waals surface area contributed by atoms with Gasteiger partial charge < -0.3 is 20.1 Å². The Hall–Kier alpha value is -4.02. The second-order valence-corrected chi connectivity index (χ2v) is 10.1. The van der Waals surface area contributed by atoms with E-state index in [-0.39, 0.29) is 39.5 Å². The lowest BCUT2D eigenvalue weighted by molar-refractivity contribution is -0.137. The molecule has 188 valence electrons. The zero-order valence-corrected chi connectivity index (χ0v) is 19.4. The highest BCUT2D eigenvalue weighted by atomic mass is 32.2. The van der Waals surface area contributed by atoms with Gasteiger partial charge in [-0.2, -0.15) is 18.4 Å². The predicted octanol–water partition coefficient (Wildman–Crippen LogP) is 3.43. The van der Waals surface area contributed by atoms with E-state index in [1.165, 1.54) is 29.0 Å². The van der Waals surface area contributed by atoms with Crippen LogP contribution in [0.15, 0.2) is 53.6 Å². The first-order chi connectivity index (χ1) is 16.9. The smallest absolute Gasteiger partial charge is 0.416 e. The van der Waals surface area contributed by atoms with E-state index in [2.05, 4.69) is 5.32 Å². The Balaban J connectivity index is 1.96. The van der Waals surface area contributed by atoms with Crippen LogP contribution >= 0.6 is 0 Å². The Morgan fingerprint density at radius 1 is 1.19 bits per heavy atom. The normalized spacial score (nSPS) is 15.8. The van der Waals surface area contributed by atoms with E-state index < -0.39 is 46.1 Å². The zero-order chi connectivity index (χ0) is 26.4. The molecular formula is C23H19F3N4O5S. The average Bonchev–Trinajstić information content (AvgIpc) is 3.13. The monoisotopic (exact) mass is 520 g/mol. The predicted molar refractivity (Wildman–Crippen MR) is 121 cm³/mol. The molecule has 3 N–H and O–H groups in total. The van der Waals surface area contributed by atoms with Gasteiger partial charge in [0.15, 0.2) is 15.7 Å². The van der Waals surface area contributed by atoms with E-state index in [9.17, 15) is 41.9 Å². The summed E-state index contributed by atoms with van der Waals surface area (Å²) >= 11 is 0. The van der Waals surface area contributed by atoms with E-state index >= 15 is 0 Å². The third-order valence-electron chi connectivity index (χ3n) is 5.69. The number of nitrogens with zero attached hydrogens (tertiary/aromatic N) is 3. The number of nitriles is 1. The van der Waals surface area contributed by atoms with Crippen molar-refractivity contribution >= 4 is 27.2 Å². The molecule has 1 aliphatic heterocycles. The van der Waals surface area contributed by atoms with E-state index in [1.54, 1.807) is 0 Å². The molecule has 1 aromatic heterocycles. The summed E-state index contributed by atoms with van der Waals surface area (Å²) in [5.74, 6) is -0.426. The number of alkyl halides is 3. The fraction of sp³-hybridized carbons (Fsp3) is 0.217. The SMILES string of the molecule is CS(=O)(=O)c1cc(C#N)ccc1C1NC(=O)N(c2cccc(C(F)(F)F)c2)c2cn(CCO)c(O)c21. The van der Waals surface area contributed by atoms with Crippen LogP contribution in [-0.4, -0.2) is 42.1 Å². The molecule has 2 amide bonds. The van der Waals surface area contributed by atoms with Gasteiger partial charge in [0.25, 0.3) is 0 Å². The van der Waals surface area contributed by atoms with Gasteiger partial charge in [-0.1, -0.05) is 12.1 Å². The molecule has 1 unspecified atom stereocenters. The Bertz CT molecular complexity index is 1510. The number of aromatic hydroxyl groups is 1. The number of aromatic nitrogens is 1. The summed E-state index contributed by atoms with van der Waals surface area (Å²) in [6.07, 6.45) is -2.47. The number of hydrogen-bond donors (Lipinski definition) is 3. The molecule has 9 nitrogen and oxygen atoms in total. The quantitative estimate of drug-likeness (QED) is 0.472. The molecule has 36 heavy (non-hydrogen) atoms. The average molecular weight is 520 g/mol. The number of rotatable bonds is 5. The number of sulfone groups is 1. The molecule has 1 atom stereocenters. The molecule has 0 bridgehead atoms. The topological polar surface area (TPSA) is 136 Å². The van der Waals surface area contributed by atoms with E-state index in [1.807, 2.05) is 6.07 Å². The summed E-state index contributed by atoms with van der Waals surface area (Å²) in [5, 5.41) is 32.1. The van der Waals surface area contributed by atoms with Crippen LogP contribution in [0.4, 0.5) is 29.3 Å². The van der Waals surface area contributed by atoms with Gasteiger partial charge >= 0.3 is 12.2 Å². The minimum atomic E-state index is -4.68. The highest BCUT2D eigenvalue weighted by Gasteiger charge is 2.40. The standard InChI is InChI=1S/C23H19F3N4O5S/c1-36(34,35)18-9-13(11-27)5-6-16(18)20-19-17(12-29(7-8-31)21(19)32)30(22(33)28-20)15-4-2-3-14(10-15)23(24,25)26/h2-6,9-10,12,20,31-32H,7-8H2,1H3,(H,28,33). The fourth-order valence-corrected chi connectivity index (χ4v) is 5.08. The Labute approximate surface area is 203 Å². The van der Waals surface area contributed by atoms with E-state index in [4.69, 9.17) is 0 Å². The number of halogens is 3. The number of aliphatic hydroxyl groups excluding tert-OH is 1. The van der Waals surface area contributed by atoms with Crippen molar-refractivity contribution in [3.05, 3.63) is 70.9 Å². The molecule has 4 rings (SSSR count). The van der Waals surface area contributed by atoms with Crippen molar-refractivity contribution in [3.63, 3.8) is 0 Å². The van der Waals surface area contributed by atoms with Gasteiger partial charge in [0, 0.05) is 19.0 Å². The van der Waals surface area contributed by atoms with Crippen molar-refractivity contribution in [2.45, 2.75) is 23.7 Å². The molecular weight excluding hydrogens is 501 g/mol. The van der Waals surface area contributed by atoms with Crippen LogP contribution < -0.4 is 10.2 Å². The number of aliphatic hydroxyl groups is 1. The second kappa shape index (κ2) is 8.89. The molecule has 2 heterocycles. The Morgan fingerprint density at radius 2 is 1.92 bits per heavy atom. The highest BCUT2D eigenvalue weighted by Crippen LogP contribution is 2.46. The molecule has 1 aliphatic rings. The molecule has 2 aromatic carbocycles. The van der Waals surface area contributed by atoms with Crippen molar-refractivity contribution in [1.29, 1.82) is 5.26 Å². The van der Waals surface area contributed by atoms with Crippen LogP contribution in [0.2, 0.25) is 0 Å². The van der Waals surface area contributed by atoms with Crippen molar-refractivity contribution in [3.8, 4) is 11.9 Å². The third kappa shape index (κ3) is 4.36. The molecule has 0 radical (unpaired) electrons. The summed E-state index contributed by atoms with van der Waals surface area (Å²) in [5.41, 5.74) is -1.04. The van der Waals surface area contributed by atoms with Crippen molar-refractivity contribution in [2.75, 3.05) is 17.8 Å². The summed E-state index contributed by atoms with van der Waals surface area (Å²) in [7, 11) is -3.91. The number of fused-ring (bicyclic) bond motifs is 1. The third-order valence-corrected chi connectivity index (χ3v) is 6.85. The minimum Gasteiger partial charge on any atom is -0.494 e. The lowest BCUT2D eigenvalue weighted by Crippen LogP contribution is -2.44. The number of hydrogen-bond acceptors (Lipinski definition) is 6. The van der Waals surface area contributed by atoms with Gasteiger partial charge in [0.1, 0.15) is 0 Å². The summed E-state index contributed by atoms with van der Waals surface area (Å²) in [4.78, 5) is 13.9. The van der Waals surface area contributed by atoms with Crippen molar-refractivity contribution in [2.24, 2.45) is 0 Å². The van der Waals surface area contributed by atoms with Gasteiger partial charge in [-0.15, -0.1) is 0 Å². The number of urea groups is 1.